The molecule has 1 saturated carbocycles. The molecule has 0 N–H and O–H groups in total. The summed E-state index contributed by atoms with van der Waals surface area (Å²) < 4.78 is 13.0. The lowest BCUT2D eigenvalue weighted by molar-refractivity contribution is -0.119. The molecule has 5 heteroatoms. The quantitative estimate of drug-likeness (QED) is 0.742. The summed E-state index contributed by atoms with van der Waals surface area (Å²) in [6, 6.07) is 2.42. The maximum atomic E-state index is 13.0. The number of carbonyl (C=O) groups is 1. The third kappa shape index (κ3) is 3.21. The van der Waals surface area contributed by atoms with Gasteiger partial charge in [-0.25, -0.2) is 4.39 Å². The zero-order valence-corrected chi connectivity index (χ0v) is 11.9. The highest BCUT2D eigenvalue weighted by molar-refractivity contribution is 9.10. The second-order valence-electron chi connectivity index (χ2n) is 4.20. The van der Waals surface area contributed by atoms with Crippen LogP contribution in [-0.4, -0.2) is 10.6 Å². The van der Waals surface area contributed by atoms with Crippen LogP contribution in [0.5, 0.6) is 0 Å². The summed E-state index contributed by atoms with van der Waals surface area (Å²) in [6.45, 7) is 0. The average molecular weight is 340 g/mol. The fourth-order valence-corrected chi connectivity index (χ4v) is 2.98. The van der Waals surface area contributed by atoms with Crippen LogP contribution in [0.25, 0.3) is 0 Å². The van der Waals surface area contributed by atoms with Gasteiger partial charge in [0.1, 0.15) is 11.6 Å². The zero-order valence-electron chi connectivity index (χ0n) is 8.85. The van der Waals surface area contributed by atoms with E-state index >= 15 is 0 Å². The molecule has 1 aromatic carbocycles. The SMILES string of the molecule is O=C(C(Br)Cc1c(Cl)cc(F)cc1Cl)C1CC1. The lowest BCUT2D eigenvalue weighted by atomic mass is 10.1. The lowest BCUT2D eigenvalue weighted by Gasteiger charge is -2.11. The summed E-state index contributed by atoms with van der Waals surface area (Å²) in [4.78, 5) is 11.5. The number of hydrogen-bond donors (Lipinski definition) is 0. The van der Waals surface area contributed by atoms with Crippen LogP contribution in [0.15, 0.2) is 12.1 Å². The fraction of sp³-hybridized carbons (Fsp3) is 0.417. The third-order valence-corrected chi connectivity index (χ3v) is 4.23. The number of benzene rings is 1. The number of Topliss-reactive ketones (excluding diaryl/α,β-unsaturated/α-hetero) is 1. The first-order valence-electron chi connectivity index (χ1n) is 5.30. The Balaban J connectivity index is 2.15. The highest BCUT2D eigenvalue weighted by Gasteiger charge is 2.34. The van der Waals surface area contributed by atoms with Gasteiger partial charge in [-0.3, -0.25) is 4.79 Å². The van der Waals surface area contributed by atoms with E-state index in [2.05, 4.69) is 15.9 Å². The van der Waals surface area contributed by atoms with E-state index in [1.807, 2.05) is 0 Å². The first-order valence-corrected chi connectivity index (χ1v) is 6.97. The van der Waals surface area contributed by atoms with E-state index in [-0.39, 0.29) is 26.6 Å². The Morgan fingerprint density at radius 3 is 2.41 bits per heavy atom. The van der Waals surface area contributed by atoms with Gasteiger partial charge in [-0.1, -0.05) is 39.1 Å². The predicted molar refractivity (Wildman–Crippen MR) is 70.6 cm³/mol. The van der Waals surface area contributed by atoms with Gasteiger partial charge in [0.15, 0.2) is 0 Å². The standard InChI is InChI=1S/C12H10BrCl2FO/c13-9(12(17)6-1-2-6)5-8-10(14)3-7(16)4-11(8)15/h3-4,6,9H,1-2,5H2. The Kier molecular flexibility index (Phi) is 4.11. The van der Waals surface area contributed by atoms with Crippen LogP contribution in [-0.2, 0) is 11.2 Å². The number of ketones is 1. The molecule has 0 aromatic heterocycles. The summed E-state index contributed by atoms with van der Waals surface area (Å²) >= 11 is 15.2. The molecule has 0 radical (unpaired) electrons. The summed E-state index contributed by atoms with van der Waals surface area (Å²) in [7, 11) is 0. The van der Waals surface area contributed by atoms with Gasteiger partial charge >= 0.3 is 0 Å². The van der Waals surface area contributed by atoms with Gasteiger partial charge in [-0.2, -0.15) is 0 Å². The molecule has 1 fully saturated rings. The van der Waals surface area contributed by atoms with Gasteiger partial charge in [0.25, 0.3) is 0 Å². The topological polar surface area (TPSA) is 17.1 Å². The highest BCUT2D eigenvalue weighted by atomic mass is 79.9. The van der Waals surface area contributed by atoms with Gasteiger partial charge in [0, 0.05) is 16.0 Å². The van der Waals surface area contributed by atoms with E-state index in [0.29, 0.717) is 12.0 Å². The number of hydrogen-bond acceptors (Lipinski definition) is 1. The molecule has 1 nitrogen and oxygen atoms in total. The largest absolute Gasteiger partial charge is 0.298 e. The van der Waals surface area contributed by atoms with Crippen molar-refractivity contribution in [1.29, 1.82) is 0 Å². The fourth-order valence-electron chi connectivity index (χ4n) is 1.67. The summed E-state index contributed by atoms with van der Waals surface area (Å²) in [5.41, 5.74) is 0.616. The predicted octanol–water partition coefficient (Wildman–Crippen LogP) is 4.42. The van der Waals surface area contributed by atoms with Crippen LogP contribution in [0.1, 0.15) is 18.4 Å². The molecule has 1 atom stereocenters. The van der Waals surface area contributed by atoms with Crippen LogP contribution < -0.4 is 0 Å². The van der Waals surface area contributed by atoms with Gasteiger partial charge in [-0.05, 0) is 37.0 Å². The van der Waals surface area contributed by atoms with Crippen molar-refractivity contribution < 1.29 is 9.18 Å². The van der Waals surface area contributed by atoms with Crippen LogP contribution in [0.4, 0.5) is 4.39 Å². The van der Waals surface area contributed by atoms with Crippen LogP contribution in [0.2, 0.25) is 10.0 Å². The van der Waals surface area contributed by atoms with E-state index < -0.39 is 5.82 Å². The van der Waals surface area contributed by atoms with E-state index in [9.17, 15) is 9.18 Å². The molecule has 0 spiro atoms. The first kappa shape index (κ1) is 13.3. The maximum absolute atomic E-state index is 13.0. The minimum absolute atomic E-state index is 0.178. The minimum Gasteiger partial charge on any atom is -0.298 e. The second-order valence-corrected chi connectivity index (χ2v) is 6.12. The van der Waals surface area contributed by atoms with Crippen LogP contribution in [0.3, 0.4) is 0 Å². The van der Waals surface area contributed by atoms with E-state index in [4.69, 9.17) is 23.2 Å². The highest BCUT2D eigenvalue weighted by Crippen LogP contribution is 2.35. The molecule has 17 heavy (non-hydrogen) atoms. The Morgan fingerprint density at radius 1 is 1.41 bits per heavy atom. The Bertz CT molecular complexity index is 437. The monoisotopic (exact) mass is 338 g/mol. The number of alkyl halides is 1. The van der Waals surface area contributed by atoms with Crippen molar-refractivity contribution in [2.24, 2.45) is 5.92 Å². The van der Waals surface area contributed by atoms with Crippen molar-refractivity contribution in [3.05, 3.63) is 33.6 Å². The van der Waals surface area contributed by atoms with E-state index in [1.165, 1.54) is 12.1 Å². The van der Waals surface area contributed by atoms with E-state index in [1.54, 1.807) is 0 Å². The zero-order chi connectivity index (χ0) is 12.6. The molecular weight excluding hydrogens is 330 g/mol. The van der Waals surface area contributed by atoms with Crippen LogP contribution in [0, 0.1) is 11.7 Å². The number of rotatable bonds is 4. The second kappa shape index (κ2) is 5.25. The van der Waals surface area contributed by atoms with Gasteiger partial charge < -0.3 is 0 Å². The Hall–Kier alpha value is -0.120. The van der Waals surface area contributed by atoms with Gasteiger partial charge in [0.2, 0.25) is 0 Å². The molecule has 1 aliphatic rings. The summed E-state index contributed by atoms with van der Waals surface area (Å²) in [5.74, 6) is -0.109. The maximum Gasteiger partial charge on any atom is 0.149 e. The lowest BCUT2D eigenvalue weighted by Crippen LogP contribution is -2.18. The molecule has 1 unspecified atom stereocenters. The van der Waals surface area contributed by atoms with Crippen molar-refractivity contribution in [3.63, 3.8) is 0 Å². The normalized spacial score (nSPS) is 16.9. The van der Waals surface area contributed by atoms with Gasteiger partial charge in [-0.15, -0.1) is 0 Å². The average Bonchev–Trinajstić information content (AvgIpc) is 3.05. The smallest absolute Gasteiger partial charge is 0.149 e. The molecule has 0 amide bonds. The molecule has 1 aromatic rings. The van der Waals surface area contributed by atoms with Crippen molar-refractivity contribution in [2.45, 2.75) is 24.1 Å². The van der Waals surface area contributed by atoms with Crippen molar-refractivity contribution >= 4 is 44.9 Å². The van der Waals surface area contributed by atoms with Crippen molar-refractivity contribution in [2.75, 3.05) is 0 Å². The number of halogens is 4. The van der Waals surface area contributed by atoms with Gasteiger partial charge in [0.05, 0.1) is 4.83 Å². The molecule has 0 saturated heterocycles. The van der Waals surface area contributed by atoms with E-state index in [0.717, 1.165) is 12.8 Å². The van der Waals surface area contributed by atoms with Crippen molar-refractivity contribution in [3.8, 4) is 0 Å². The Labute approximate surface area is 117 Å². The van der Waals surface area contributed by atoms with Crippen molar-refractivity contribution in [1.82, 2.24) is 0 Å². The van der Waals surface area contributed by atoms with Crippen LogP contribution >= 0.6 is 39.1 Å². The Morgan fingerprint density at radius 2 is 1.94 bits per heavy atom. The summed E-state index contributed by atoms with van der Waals surface area (Å²) in [5, 5.41) is 0.533. The molecule has 2 rings (SSSR count). The molecule has 92 valence electrons. The first-order chi connectivity index (χ1) is 7.99. The molecular formula is C12H10BrCl2FO. The molecule has 1 aliphatic carbocycles. The number of carbonyl (C=O) groups excluding carboxylic acids is 1. The summed E-state index contributed by atoms with van der Waals surface area (Å²) in [6.07, 6.45) is 2.32. The molecule has 0 bridgehead atoms. The third-order valence-electron chi connectivity index (χ3n) is 2.78. The molecule has 0 aliphatic heterocycles. The molecule has 0 heterocycles. The minimum atomic E-state index is -0.469.